The molecule has 2 aromatic heterocycles. The highest BCUT2D eigenvalue weighted by Crippen LogP contribution is 2.21. The summed E-state index contributed by atoms with van der Waals surface area (Å²) in [5.74, 6) is 1.18. The van der Waals surface area contributed by atoms with Crippen molar-refractivity contribution < 1.29 is 4.79 Å². The Morgan fingerprint density at radius 1 is 1.30 bits per heavy atom. The number of amides is 1. The third-order valence-electron chi connectivity index (χ3n) is 4.31. The monoisotopic (exact) mass is 315 g/mol. The lowest BCUT2D eigenvalue weighted by atomic mass is 10.1. The van der Waals surface area contributed by atoms with E-state index in [0.717, 1.165) is 5.82 Å². The first-order chi connectivity index (χ1) is 11.0. The molecule has 0 aliphatic carbocycles. The second kappa shape index (κ2) is 5.98. The molecule has 7 heteroatoms. The number of hydrogen-bond acceptors (Lipinski definition) is 4. The van der Waals surface area contributed by atoms with Crippen LogP contribution in [0, 0.1) is 0 Å². The number of aromatic amines is 1. The number of H-pyrrole nitrogens is 1. The highest BCUT2D eigenvalue weighted by Gasteiger charge is 2.28. The summed E-state index contributed by atoms with van der Waals surface area (Å²) in [7, 11) is 0. The topological polar surface area (TPSA) is 83.9 Å². The molecule has 0 bridgehead atoms. The highest BCUT2D eigenvalue weighted by atomic mass is 16.2. The maximum atomic E-state index is 12.8. The van der Waals surface area contributed by atoms with Gasteiger partial charge in [-0.3, -0.25) is 9.59 Å². The fourth-order valence-corrected chi connectivity index (χ4v) is 3.04. The first-order valence-electron chi connectivity index (χ1n) is 7.86. The van der Waals surface area contributed by atoms with Crippen LogP contribution < -0.4 is 5.56 Å². The quantitative estimate of drug-likeness (QED) is 0.923. The van der Waals surface area contributed by atoms with E-state index < -0.39 is 0 Å². The van der Waals surface area contributed by atoms with Crippen LogP contribution in [0.3, 0.4) is 0 Å². The minimum Gasteiger partial charge on any atom is -0.335 e. The molecule has 2 aromatic rings. The van der Waals surface area contributed by atoms with Crippen molar-refractivity contribution in [2.75, 3.05) is 6.54 Å². The van der Waals surface area contributed by atoms with Gasteiger partial charge in [0, 0.05) is 30.4 Å². The van der Waals surface area contributed by atoms with E-state index in [2.05, 4.69) is 28.8 Å². The van der Waals surface area contributed by atoms with Crippen LogP contribution in [0.1, 0.15) is 49.8 Å². The van der Waals surface area contributed by atoms with Crippen LogP contribution in [0.4, 0.5) is 0 Å². The Bertz CT molecular complexity index is 777. The summed E-state index contributed by atoms with van der Waals surface area (Å²) in [6, 6.07) is -0.321. The normalized spacial score (nSPS) is 15.6. The van der Waals surface area contributed by atoms with E-state index >= 15 is 0 Å². The number of aromatic nitrogens is 4. The molecule has 0 fully saturated rings. The van der Waals surface area contributed by atoms with Crippen LogP contribution >= 0.6 is 0 Å². The minimum atomic E-state index is -0.321. The molecule has 1 unspecified atom stereocenters. The molecule has 1 aliphatic rings. The number of fused-ring (bicyclic) bond motifs is 1. The van der Waals surface area contributed by atoms with E-state index in [-0.39, 0.29) is 23.4 Å². The molecular formula is C16H21N5O2. The van der Waals surface area contributed by atoms with E-state index in [4.69, 9.17) is 0 Å². The Labute approximate surface area is 134 Å². The Morgan fingerprint density at radius 3 is 2.83 bits per heavy atom. The van der Waals surface area contributed by atoms with E-state index in [1.54, 1.807) is 11.1 Å². The van der Waals surface area contributed by atoms with Crippen molar-refractivity contribution >= 4 is 5.91 Å². The van der Waals surface area contributed by atoms with E-state index in [1.165, 1.54) is 6.33 Å². The van der Waals surface area contributed by atoms with Gasteiger partial charge in [-0.15, -0.1) is 0 Å². The number of hydrogen-bond donors (Lipinski definition) is 1. The van der Waals surface area contributed by atoms with E-state index in [0.29, 0.717) is 30.8 Å². The standard InChI is InChI=1S/C16H21N5O2/c1-10(2)14-17-5-7-21(14)11(3)16(23)20-6-4-12-13(8-20)18-9-19-15(12)22/h5,7,9-11H,4,6,8H2,1-3H3,(H,18,19,22). The Balaban J connectivity index is 1.81. The lowest BCUT2D eigenvalue weighted by Gasteiger charge is -2.30. The average Bonchev–Trinajstić information content (AvgIpc) is 3.03. The van der Waals surface area contributed by atoms with Crippen molar-refractivity contribution in [1.29, 1.82) is 0 Å². The zero-order valence-corrected chi connectivity index (χ0v) is 13.6. The van der Waals surface area contributed by atoms with Crippen molar-refractivity contribution in [1.82, 2.24) is 24.4 Å². The van der Waals surface area contributed by atoms with Crippen LogP contribution in [0.5, 0.6) is 0 Å². The smallest absolute Gasteiger partial charge is 0.254 e. The van der Waals surface area contributed by atoms with Crippen molar-refractivity contribution in [2.45, 2.75) is 45.7 Å². The van der Waals surface area contributed by atoms with Gasteiger partial charge in [0.2, 0.25) is 5.91 Å². The molecule has 0 spiro atoms. The summed E-state index contributed by atoms with van der Waals surface area (Å²) in [6.07, 6.45) is 5.51. The molecule has 1 aliphatic heterocycles. The molecule has 0 aromatic carbocycles. The largest absolute Gasteiger partial charge is 0.335 e. The van der Waals surface area contributed by atoms with Gasteiger partial charge in [0.15, 0.2) is 0 Å². The molecule has 1 atom stereocenters. The number of carbonyl (C=O) groups excluding carboxylic acids is 1. The van der Waals surface area contributed by atoms with Gasteiger partial charge in [-0.1, -0.05) is 13.8 Å². The third-order valence-corrected chi connectivity index (χ3v) is 4.31. The average molecular weight is 315 g/mol. The highest BCUT2D eigenvalue weighted by molar-refractivity contribution is 5.80. The van der Waals surface area contributed by atoms with Crippen LogP contribution in [-0.2, 0) is 17.8 Å². The maximum absolute atomic E-state index is 12.8. The fraction of sp³-hybridized carbons (Fsp3) is 0.500. The molecule has 7 nitrogen and oxygen atoms in total. The Morgan fingerprint density at radius 2 is 2.09 bits per heavy atom. The van der Waals surface area contributed by atoms with Gasteiger partial charge in [-0.05, 0) is 13.3 Å². The van der Waals surface area contributed by atoms with Gasteiger partial charge in [0.1, 0.15) is 11.9 Å². The number of nitrogens with one attached hydrogen (secondary N) is 1. The second-order valence-corrected chi connectivity index (χ2v) is 6.19. The van der Waals surface area contributed by atoms with E-state index in [1.807, 2.05) is 17.7 Å². The van der Waals surface area contributed by atoms with Gasteiger partial charge in [-0.2, -0.15) is 0 Å². The molecule has 1 amide bonds. The van der Waals surface area contributed by atoms with Crippen molar-refractivity contribution in [3.05, 3.63) is 46.2 Å². The lowest BCUT2D eigenvalue weighted by molar-refractivity contribution is -0.135. The first kappa shape index (κ1) is 15.5. The van der Waals surface area contributed by atoms with Gasteiger partial charge in [-0.25, -0.2) is 9.97 Å². The zero-order chi connectivity index (χ0) is 16.6. The number of imidazole rings is 1. The predicted octanol–water partition coefficient (Wildman–Crippen LogP) is 1.24. The van der Waals surface area contributed by atoms with Gasteiger partial charge >= 0.3 is 0 Å². The SMILES string of the molecule is CC(C)c1nccn1C(C)C(=O)N1CCc2c(nc[nH]c2=O)C1. The van der Waals surface area contributed by atoms with Crippen LogP contribution in [0.15, 0.2) is 23.5 Å². The predicted molar refractivity (Wildman–Crippen MR) is 85.0 cm³/mol. The fourth-order valence-electron chi connectivity index (χ4n) is 3.04. The number of rotatable bonds is 3. The van der Waals surface area contributed by atoms with Gasteiger partial charge < -0.3 is 14.5 Å². The Hall–Kier alpha value is -2.44. The summed E-state index contributed by atoms with van der Waals surface area (Å²) < 4.78 is 1.92. The molecule has 3 rings (SSSR count). The summed E-state index contributed by atoms with van der Waals surface area (Å²) in [5, 5.41) is 0. The molecule has 3 heterocycles. The molecule has 0 radical (unpaired) electrons. The number of nitrogens with zero attached hydrogens (tertiary/aromatic N) is 4. The zero-order valence-electron chi connectivity index (χ0n) is 13.6. The second-order valence-electron chi connectivity index (χ2n) is 6.19. The molecule has 23 heavy (non-hydrogen) atoms. The summed E-state index contributed by atoms with van der Waals surface area (Å²) in [4.78, 5) is 37.5. The van der Waals surface area contributed by atoms with Crippen molar-refractivity contribution in [2.24, 2.45) is 0 Å². The summed E-state index contributed by atoms with van der Waals surface area (Å²) in [5.41, 5.74) is 1.27. The van der Waals surface area contributed by atoms with Crippen LogP contribution in [0.25, 0.3) is 0 Å². The summed E-state index contributed by atoms with van der Waals surface area (Å²) >= 11 is 0. The molecular weight excluding hydrogens is 294 g/mol. The molecule has 122 valence electrons. The third kappa shape index (κ3) is 2.78. The van der Waals surface area contributed by atoms with Crippen LogP contribution in [0.2, 0.25) is 0 Å². The molecule has 1 N–H and O–H groups in total. The lowest BCUT2D eigenvalue weighted by Crippen LogP contribution is -2.42. The molecule has 0 saturated carbocycles. The molecule has 0 saturated heterocycles. The summed E-state index contributed by atoms with van der Waals surface area (Å²) in [6.45, 7) is 6.92. The van der Waals surface area contributed by atoms with Gasteiger partial charge in [0.25, 0.3) is 5.56 Å². The van der Waals surface area contributed by atoms with Crippen molar-refractivity contribution in [3.8, 4) is 0 Å². The van der Waals surface area contributed by atoms with Crippen molar-refractivity contribution in [3.63, 3.8) is 0 Å². The number of carbonyl (C=O) groups is 1. The first-order valence-corrected chi connectivity index (χ1v) is 7.86. The van der Waals surface area contributed by atoms with Crippen LogP contribution in [-0.4, -0.2) is 36.9 Å². The maximum Gasteiger partial charge on any atom is 0.254 e. The Kier molecular flexibility index (Phi) is 4.02. The minimum absolute atomic E-state index is 0.0256. The van der Waals surface area contributed by atoms with E-state index in [9.17, 15) is 9.59 Å². The van der Waals surface area contributed by atoms with Gasteiger partial charge in [0.05, 0.1) is 18.6 Å².